The van der Waals surface area contributed by atoms with Crippen molar-refractivity contribution in [2.45, 2.75) is 4.90 Å². The van der Waals surface area contributed by atoms with Gasteiger partial charge in [-0.1, -0.05) is 36.4 Å². The Morgan fingerprint density at radius 2 is 1.79 bits per heavy atom. The van der Waals surface area contributed by atoms with Crippen LogP contribution in [0.25, 0.3) is 10.8 Å². The number of hydrogen-bond donors (Lipinski definition) is 0. The highest BCUT2D eigenvalue weighted by Crippen LogP contribution is 2.21. The van der Waals surface area contributed by atoms with Crippen molar-refractivity contribution in [2.75, 3.05) is 7.11 Å². The van der Waals surface area contributed by atoms with E-state index in [4.69, 9.17) is 4.18 Å². The van der Waals surface area contributed by atoms with E-state index in [0.29, 0.717) is 0 Å². The van der Waals surface area contributed by atoms with Gasteiger partial charge in [0.15, 0.2) is 11.1 Å². The third-order valence-corrected chi connectivity index (χ3v) is 3.10. The van der Waals surface area contributed by atoms with Crippen LogP contribution in [0.3, 0.4) is 0 Å². The van der Waals surface area contributed by atoms with Crippen LogP contribution in [0.2, 0.25) is 0 Å². The molecular formula is C11H10O2S. The van der Waals surface area contributed by atoms with Crippen LogP contribution in [-0.4, -0.2) is 11.3 Å². The van der Waals surface area contributed by atoms with E-state index >= 15 is 0 Å². The SMILES string of the molecule is CO[S@](=O)c1cccc2ccccc12. The van der Waals surface area contributed by atoms with E-state index in [1.807, 2.05) is 42.5 Å². The second-order valence-corrected chi connectivity index (χ2v) is 4.12. The average molecular weight is 206 g/mol. The van der Waals surface area contributed by atoms with Gasteiger partial charge in [-0.2, -0.15) is 0 Å². The zero-order valence-electron chi connectivity index (χ0n) is 7.77. The number of fused-ring (bicyclic) bond motifs is 1. The molecule has 0 spiro atoms. The minimum Gasteiger partial charge on any atom is -0.290 e. The Kier molecular flexibility index (Phi) is 2.61. The molecule has 2 rings (SSSR count). The average Bonchev–Trinajstić information content (AvgIpc) is 2.27. The molecular weight excluding hydrogens is 196 g/mol. The fraction of sp³-hybridized carbons (Fsp3) is 0.0909. The summed E-state index contributed by atoms with van der Waals surface area (Å²) in [7, 11) is 1.44. The third kappa shape index (κ3) is 1.56. The summed E-state index contributed by atoms with van der Waals surface area (Å²) in [6, 6.07) is 13.5. The van der Waals surface area contributed by atoms with E-state index < -0.39 is 11.1 Å². The predicted octanol–water partition coefficient (Wildman–Crippen LogP) is 2.51. The van der Waals surface area contributed by atoms with E-state index in [9.17, 15) is 4.21 Å². The van der Waals surface area contributed by atoms with Gasteiger partial charge in [0.05, 0.1) is 12.0 Å². The van der Waals surface area contributed by atoms with Crippen molar-refractivity contribution >= 4 is 21.9 Å². The minimum absolute atomic E-state index is 0.727. The van der Waals surface area contributed by atoms with E-state index in [1.165, 1.54) is 7.11 Å². The lowest BCUT2D eigenvalue weighted by molar-refractivity contribution is 0.446. The van der Waals surface area contributed by atoms with Gasteiger partial charge in [0.1, 0.15) is 0 Å². The van der Waals surface area contributed by atoms with Gasteiger partial charge in [-0.15, -0.1) is 0 Å². The normalized spacial score (nSPS) is 12.9. The maximum atomic E-state index is 11.5. The van der Waals surface area contributed by atoms with Gasteiger partial charge in [0.25, 0.3) is 0 Å². The maximum absolute atomic E-state index is 11.5. The van der Waals surface area contributed by atoms with Crippen LogP contribution in [0.15, 0.2) is 47.4 Å². The fourth-order valence-corrected chi connectivity index (χ4v) is 2.17. The van der Waals surface area contributed by atoms with Crippen LogP contribution < -0.4 is 0 Å². The first kappa shape index (κ1) is 9.37. The number of hydrogen-bond acceptors (Lipinski definition) is 2. The van der Waals surface area contributed by atoms with Crippen molar-refractivity contribution in [1.29, 1.82) is 0 Å². The molecule has 0 aliphatic rings. The van der Waals surface area contributed by atoms with Crippen molar-refractivity contribution in [3.63, 3.8) is 0 Å². The molecule has 0 unspecified atom stereocenters. The molecule has 0 amide bonds. The zero-order valence-corrected chi connectivity index (χ0v) is 8.58. The second kappa shape index (κ2) is 3.90. The molecule has 72 valence electrons. The van der Waals surface area contributed by atoms with Crippen LogP contribution in [0, 0.1) is 0 Å². The number of rotatable bonds is 2. The van der Waals surface area contributed by atoms with Crippen molar-refractivity contribution in [3.8, 4) is 0 Å². The van der Waals surface area contributed by atoms with Crippen molar-refractivity contribution in [1.82, 2.24) is 0 Å². The molecule has 0 heterocycles. The van der Waals surface area contributed by atoms with Crippen LogP contribution in [-0.2, 0) is 15.3 Å². The Hall–Kier alpha value is -1.19. The van der Waals surface area contributed by atoms with E-state index in [2.05, 4.69) is 0 Å². The Balaban J connectivity index is 2.71. The molecule has 0 N–H and O–H groups in total. The molecule has 0 aliphatic carbocycles. The summed E-state index contributed by atoms with van der Waals surface area (Å²) in [6.07, 6.45) is 0. The van der Waals surface area contributed by atoms with Crippen molar-refractivity contribution in [3.05, 3.63) is 42.5 Å². The standard InChI is InChI=1S/C11H10O2S/c1-13-14(12)11-8-4-6-9-5-2-3-7-10(9)11/h2-8H,1H3/t14-/m0/s1. The fourth-order valence-electron chi connectivity index (χ4n) is 1.43. The molecule has 3 heteroatoms. The van der Waals surface area contributed by atoms with Crippen LogP contribution in [0.5, 0.6) is 0 Å². The predicted molar refractivity (Wildman–Crippen MR) is 57.4 cm³/mol. The van der Waals surface area contributed by atoms with Gasteiger partial charge >= 0.3 is 0 Å². The molecule has 0 radical (unpaired) electrons. The summed E-state index contributed by atoms with van der Waals surface area (Å²) in [5.41, 5.74) is 0. The maximum Gasteiger partial charge on any atom is 0.189 e. The Bertz CT molecular complexity index is 474. The highest BCUT2D eigenvalue weighted by Gasteiger charge is 2.06. The summed E-state index contributed by atoms with van der Waals surface area (Å²) in [5, 5.41) is 2.06. The van der Waals surface area contributed by atoms with Crippen LogP contribution in [0.1, 0.15) is 0 Å². The zero-order chi connectivity index (χ0) is 9.97. The van der Waals surface area contributed by atoms with Gasteiger partial charge < -0.3 is 0 Å². The highest BCUT2D eigenvalue weighted by atomic mass is 32.2. The highest BCUT2D eigenvalue weighted by molar-refractivity contribution is 7.80. The van der Waals surface area contributed by atoms with E-state index in [0.717, 1.165) is 15.7 Å². The summed E-state index contributed by atoms with van der Waals surface area (Å²) >= 11 is -1.36. The molecule has 2 aromatic carbocycles. The van der Waals surface area contributed by atoms with Gasteiger partial charge in [-0.25, -0.2) is 4.21 Å². The second-order valence-electron chi connectivity index (χ2n) is 2.88. The molecule has 14 heavy (non-hydrogen) atoms. The van der Waals surface area contributed by atoms with Crippen LogP contribution in [0.4, 0.5) is 0 Å². The summed E-state index contributed by atoms with van der Waals surface area (Å²) in [4.78, 5) is 0.727. The van der Waals surface area contributed by atoms with Gasteiger partial charge in [0, 0.05) is 5.39 Å². The summed E-state index contributed by atoms with van der Waals surface area (Å²) in [5.74, 6) is 0. The van der Waals surface area contributed by atoms with Gasteiger partial charge in [-0.05, 0) is 11.5 Å². The summed E-state index contributed by atoms with van der Waals surface area (Å²) < 4.78 is 16.3. The third-order valence-electron chi connectivity index (χ3n) is 2.08. The van der Waals surface area contributed by atoms with E-state index in [1.54, 1.807) is 0 Å². The molecule has 2 nitrogen and oxygen atoms in total. The molecule has 0 saturated heterocycles. The largest absolute Gasteiger partial charge is 0.290 e. The molecule has 2 aromatic rings. The lowest BCUT2D eigenvalue weighted by atomic mass is 10.1. The topological polar surface area (TPSA) is 26.3 Å². The molecule has 1 atom stereocenters. The van der Waals surface area contributed by atoms with Gasteiger partial charge in [0.2, 0.25) is 0 Å². The quantitative estimate of drug-likeness (QED) is 0.754. The van der Waals surface area contributed by atoms with E-state index in [-0.39, 0.29) is 0 Å². The minimum atomic E-state index is -1.36. The Morgan fingerprint density at radius 3 is 2.57 bits per heavy atom. The first-order chi connectivity index (χ1) is 6.83. The van der Waals surface area contributed by atoms with Crippen molar-refractivity contribution < 1.29 is 8.39 Å². The Labute approximate surface area is 85.2 Å². The van der Waals surface area contributed by atoms with Gasteiger partial charge in [-0.3, -0.25) is 4.18 Å². The lowest BCUT2D eigenvalue weighted by Gasteiger charge is -2.03. The Morgan fingerprint density at radius 1 is 1.07 bits per heavy atom. The first-order valence-electron chi connectivity index (χ1n) is 4.27. The molecule has 0 bridgehead atoms. The summed E-state index contributed by atoms with van der Waals surface area (Å²) in [6.45, 7) is 0. The molecule has 0 saturated carbocycles. The number of benzene rings is 2. The molecule has 0 aliphatic heterocycles. The lowest BCUT2D eigenvalue weighted by Crippen LogP contribution is -1.93. The van der Waals surface area contributed by atoms with Crippen molar-refractivity contribution in [2.24, 2.45) is 0 Å². The monoisotopic (exact) mass is 206 g/mol. The molecule has 0 aromatic heterocycles. The first-order valence-corrected chi connectivity index (χ1v) is 5.34. The smallest absolute Gasteiger partial charge is 0.189 e. The van der Waals surface area contributed by atoms with Crippen LogP contribution >= 0.6 is 0 Å². The molecule has 0 fully saturated rings.